The summed E-state index contributed by atoms with van der Waals surface area (Å²) in [4.78, 5) is 0.905. The standard InChI is InChI=1S/C24H21FN2O4S2.ClH/c1-26-13-16-11-21(19-7-2-3-8-20(19)25)27(14-16)33(28,29)18-6-4-5-17(12-18)24-23-22(15-32-24)30-9-10-31-23;/h2-8,11-12,14-15,26H,9-10,13H2,1H3;1H. The molecule has 4 aromatic rings. The lowest BCUT2D eigenvalue weighted by Crippen LogP contribution is -2.15. The second kappa shape index (κ2) is 9.79. The minimum absolute atomic E-state index is 0. The average Bonchev–Trinajstić information content (AvgIpc) is 3.45. The van der Waals surface area contributed by atoms with E-state index in [0.29, 0.717) is 36.8 Å². The van der Waals surface area contributed by atoms with Gasteiger partial charge in [-0.25, -0.2) is 16.8 Å². The van der Waals surface area contributed by atoms with Crippen molar-refractivity contribution < 1.29 is 22.3 Å². The molecule has 0 unspecified atom stereocenters. The van der Waals surface area contributed by atoms with Gasteiger partial charge in [-0.15, -0.1) is 23.7 Å². The van der Waals surface area contributed by atoms with Crippen LogP contribution < -0.4 is 14.8 Å². The molecule has 0 saturated carbocycles. The first kappa shape index (κ1) is 24.3. The first-order valence-electron chi connectivity index (χ1n) is 10.3. The maximum Gasteiger partial charge on any atom is 0.268 e. The van der Waals surface area contributed by atoms with Crippen molar-refractivity contribution in [2.45, 2.75) is 11.4 Å². The third kappa shape index (κ3) is 4.32. The molecular weight excluding hydrogens is 499 g/mol. The van der Waals surface area contributed by atoms with Gasteiger partial charge >= 0.3 is 0 Å². The fraction of sp³-hybridized carbons (Fsp3) is 0.167. The van der Waals surface area contributed by atoms with E-state index in [2.05, 4.69) is 5.32 Å². The average molecular weight is 521 g/mol. The maximum absolute atomic E-state index is 14.6. The Bertz CT molecular complexity index is 1430. The lowest BCUT2D eigenvalue weighted by molar-refractivity contribution is 0.174. The van der Waals surface area contributed by atoms with E-state index in [9.17, 15) is 12.8 Å². The van der Waals surface area contributed by atoms with Crippen molar-refractivity contribution in [3.05, 3.63) is 77.6 Å². The van der Waals surface area contributed by atoms with Gasteiger partial charge in [-0.3, -0.25) is 0 Å². The molecule has 6 nitrogen and oxygen atoms in total. The van der Waals surface area contributed by atoms with E-state index in [-0.39, 0.29) is 28.6 Å². The number of nitrogens with one attached hydrogen (secondary N) is 1. The van der Waals surface area contributed by atoms with Gasteiger partial charge in [-0.2, -0.15) is 0 Å². The number of ether oxygens (including phenoxy) is 2. The van der Waals surface area contributed by atoms with Gasteiger partial charge in [0.25, 0.3) is 10.0 Å². The molecule has 3 heterocycles. The van der Waals surface area contributed by atoms with Gasteiger partial charge in [0.05, 0.1) is 15.5 Å². The summed E-state index contributed by atoms with van der Waals surface area (Å²) in [5.74, 6) is 0.808. The monoisotopic (exact) mass is 520 g/mol. The first-order valence-corrected chi connectivity index (χ1v) is 12.6. The Hall–Kier alpha value is -2.85. The van der Waals surface area contributed by atoms with Crippen LogP contribution >= 0.6 is 23.7 Å². The molecule has 10 heteroatoms. The summed E-state index contributed by atoms with van der Waals surface area (Å²) in [7, 11) is -2.24. The zero-order chi connectivity index (χ0) is 23.0. The number of halogens is 2. The van der Waals surface area contributed by atoms with E-state index in [4.69, 9.17) is 9.47 Å². The van der Waals surface area contributed by atoms with Crippen LogP contribution in [0.25, 0.3) is 21.7 Å². The van der Waals surface area contributed by atoms with Gasteiger partial charge in [0.2, 0.25) is 0 Å². The number of aromatic nitrogens is 1. The normalized spacial score (nSPS) is 12.9. The smallest absolute Gasteiger partial charge is 0.268 e. The Labute approximate surface area is 207 Å². The van der Waals surface area contributed by atoms with Crippen LogP contribution in [-0.4, -0.2) is 32.7 Å². The molecule has 0 amide bonds. The Balaban J connectivity index is 0.00000274. The van der Waals surface area contributed by atoms with Crippen molar-refractivity contribution in [1.29, 1.82) is 0 Å². The molecule has 0 bridgehead atoms. The van der Waals surface area contributed by atoms with Crippen molar-refractivity contribution in [3.63, 3.8) is 0 Å². The SMILES string of the molecule is CNCc1cc(-c2ccccc2F)n(S(=O)(=O)c2cccc(-c3scc4c3OCCO4)c2)c1.Cl. The molecule has 2 aromatic heterocycles. The van der Waals surface area contributed by atoms with Gasteiger partial charge in [0.15, 0.2) is 11.5 Å². The van der Waals surface area contributed by atoms with E-state index < -0.39 is 15.8 Å². The van der Waals surface area contributed by atoms with Crippen LogP contribution in [0.4, 0.5) is 4.39 Å². The van der Waals surface area contributed by atoms with Crippen molar-refractivity contribution in [2.24, 2.45) is 0 Å². The maximum atomic E-state index is 14.6. The van der Waals surface area contributed by atoms with Crippen LogP contribution in [0.3, 0.4) is 0 Å². The van der Waals surface area contributed by atoms with Crippen molar-refractivity contribution >= 4 is 33.8 Å². The summed E-state index contributed by atoms with van der Waals surface area (Å²) in [6.45, 7) is 1.38. The predicted molar refractivity (Wildman–Crippen MR) is 133 cm³/mol. The largest absolute Gasteiger partial charge is 0.485 e. The van der Waals surface area contributed by atoms with Gasteiger partial charge < -0.3 is 14.8 Å². The van der Waals surface area contributed by atoms with Crippen LogP contribution in [0.15, 0.2) is 71.1 Å². The molecule has 178 valence electrons. The summed E-state index contributed by atoms with van der Waals surface area (Å²) in [6, 6.07) is 14.5. The molecule has 0 aliphatic carbocycles. The molecule has 0 fully saturated rings. The van der Waals surface area contributed by atoms with Gasteiger partial charge in [-0.1, -0.05) is 24.3 Å². The Morgan fingerprint density at radius 2 is 1.88 bits per heavy atom. The summed E-state index contributed by atoms with van der Waals surface area (Å²) in [5, 5.41) is 4.87. The number of rotatable bonds is 6. The molecule has 1 aliphatic rings. The van der Waals surface area contributed by atoms with Crippen molar-refractivity contribution in [3.8, 4) is 33.2 Å². The van der Waals surface area contributed by atoms with Gasteiger partial charge in [0.1, 0.15) is 19.0 Å². The minimum Gasteiger partial charge on any atom is -0.485 e. The lowest BCUT2D eigenvalue weighted by Gasteiger charge is -2.16. The van der Waals surface area contributed by atoms with Crippen molar-refractivity contribution in [1.82, 2.24) is 9.29 Å². The number of fused-ring (bicyclic) bond motifs is 1. The van der Waals surface area contributed by atoms with E-state index in [1.165, 1.54) is 23.6 Å². The zero-order valence-corrected chi connectivity index (χ0v) is 20.6. The van der Waals surface area contributed by atoms with E-state index >= 15 is 0 Å². The highest BCUT2D eigenvalue weighted by Crippen LogP contribution is 2.46. The van der Waals surface area contributed by atoms with Crippen LogP contribution in [-0.2, 0) is 16.6 Å². The Morgan fingerprint density at radius 3 is 2.68 bits per heavy atom. The molecule has 5 rings (SSSR count). The Kier molecular flexibility index (Phi) is 6.99. The number of thiophene rings is 1. The van der Waals surface area contributed by atoms with Crippen LogP contribution in [0.2, 0.25) is 0 Å². The number of benzene rings is 2. The highest BCUT2D eigenvalue weighted by molar-refractivity contribution is 7.90. The Morgan fingerprint density at radius 1 is 1.09 bits per heavy atom. The lowest BCUT2D eigenvalue weighted by atomic mass is 10.1. The predicted octanol–water partition coefficient (Wildman–Crippen LogP) is 5.17. The number of hydrogen-bond donors (Lipinski definition) is 1. The van der Waals surface area contributed by atoms with E-state index in [0.717, 1.165) is 14.4 Å². The molecule has 34 heavy (non-hydrogen) atoms. The molecule has 1 aliphatic heterocycles. The summed E-state index contributed by atoms with van der Waals surface area (Å²) in [5.41, 5.74) is 1.93. The second-order valence-corrected chi connectivity index (χ2v) is 10.2. The zero-order valence-electron chi connectivity index (χ0n) is 18.2. The topological polar surface area (TPSA) is 69.6 Å². The first-order chi connectivity index (χ1) is 16.0. The molecule has 0 radical (unpaired) electrons. The molecule has 0 atom stereocenters. The fourth-order valence-corrected chi connectivity index (χ4v) is 6.20. The number of nitrogens with zero attached hydrogens (tertiary/aromatic N) is 1. The summed E-state index contributed by atoms with van der Waals surface area (Å²) >= 11 is 1.44. The van der Waals surface area contributed by atoms with Gasteiger partial charge in [0, 0.05) is 23.7 Å². The highest BCUT2D eigenvalue weighted by atomic mass is 35.5. The second-order valence-electron chi connectivity index (χ2n) is 7.53. The molecule has 2 aromatic carbocycles. The van der Waals surface area contributed by atoms with E-state index in [1.54, 1.807) is 49.5 Å². The van der Waals surface area contributed by atoms with Crippen LogP contribution in [0, 0.1) is 5.82 Å². The number of hydrogen-bond acceptors (Lipinski definition) is 6. The minimum atomic E-state index is -4.01. The van der Waals surface area contributed by atoms with Crippen LogP contribution in [0.5, 0.6) is 11.5 Å². The molecule has 0 saturated heterocycles. The summed E-state index contributed by atoms with van der Waals surface area (Å²) in [6.07, 6.45) is 1.53. The summed E-state index contributed by atoms with van der Waals surface area (Å²) < 4.78 is 54.6. The third-order valence-electron chi connectivity index (χ3n) is 5.33. The molecule has 0 spiro atoms. The van der Waals surface area contributed by atoms with Crippen LogP contribution in [0.1, 0.15) is 5.56 Å². The fourth-order valence-electron chi connectivity index (χ4n) is 3.84. The van der Waals surface area contributed by atoms with E-state index in [1.807, 2.05) is 11.4 Å². The molecular formula is C24H22ClFN2O4S2. The molecule has 1 N–H and O–H groups in total. The quantitative estimate of drug-likeness (QED) is 0.380. The third-order valence-corrected chi connectivity index (χ3v) is 7.99. The van der Waals surface area contributed by atoms with Crippen molar-refractivity contribution in [2.75, 3.05) is 20.3 Å². The highest BCUT2D eigenvalue weighted by Gasteiger charge is 2.25. The van der Waals surface area contributed by atoms with Gasteiger partial charge in [-0.05, 0) is 48.5 Å².